The third-order valence-electron chi connectivity index (χ3n) is 5.62. The molecule has 1 amide bonds. The Hall–Kier alpha value is -2.64. The van der Waals surface area contributed by atoms with Crippen LogP contribution in [0.4, 0.5) is 0 Å². The van der Waals surface area contributed by atoms with Crippen LogP contribution >= 0.6 is 0 Å². The molecule has 0 spiro atoms. The van der Waals surface area contributed by atoms with Gasteiger partial charge in [0.05, 0.1) is 24.8 Å². The molecule has 2 aromatic heterocycles. The fourth-order valence-corrected chi connectivity index (χ4v) is 3.88. The minimum atomic E-state index is -0.0123. The zero-order chi connectivity index (χ0) is 19.7. The van der Waals surface area contributed by atoms with Gasteiger partial charge in [-0.25, -0.2) is 9.67 Å². The lowest BCUT2D eigenvalue weighted by molar-refractivity contribution is 0.0675. The SMILES string of the molecule is CC(C)c1cc(=O)n(CC2CCN(C(=O)c3cnn4c3OCCC4)CC2)cn1. The van der Waals surface area contributed by atoms with Crippen LogP contribution in [0.1, 0.15) is 55.1 Å². The summed E-state index contributed by atoms with van der Waals surface area (Å²) in [5, 5.41) is 4.27. The average Bonchev–Trinajstić information content (AvgIpc) is 3.13. The van der Waals surface area contributed by atoms with Gasteiger partial charge in [-0.15, -0.1) is 0 Å². The molecule has 1 saturated heterocycles. The number of rotatable bonds is 4. The van der Waals surface area contributed by atoms with Crippen LogP contribution in [0, 0.1) is 5.92 Å². The molecular weight excluding hydrogens is 358 g/mol. The van der Waals surface area contributed by atoms with E-state index in [2.05, 4.69) is 10.1 Å². The van der Waals surface area contributed by atoms with Gasteiger partial charge >= 0.3 is 0 Å². The third-order valence-corrected chi connectivity index (χ3v) is 5.62. The van der Waals surface area contributed by atoms with Gasteiger partial charge in [-0.1, -0.05) is 13.8 Å². The van der Waals surface area contributed by atoms with Crippen molar-refractivity contribution in [2.45, 2.75) is 52.1 Å². The lowest BCUT2D eigenvalue weighted by Crippen LogP contribution is -2.40. The van der Waals surface area contributed by atoms with Crippen molar-refractivity contribution in [3.05, 3.63) is 40.2 Å². The molecule has 2 aliphatic rings. The first-order chi connectivity index (χ1) is 13.5. The molecule has 8 nitrogen and oxygen atoms in total. The van der Waals surface area contributed by atoms with E-state index in [0.717, 1.165) is 31.5 Å². The number of carbonyl (C=O) groups excluding carboxylic acids is 1. The van der Waals surface area contributed by atoms with E-state index in [4.69, 9.17) is 4.74 Å². The molecule has 2 aromatic rings. The highest BCUT2D eigenvalue weighted by Crippen LogP contribution is 2.26. The van der Waals surface area contributed by atoms with E-state index in [1.807, 2.05) is 18.7 Å². The summed E-state index contributed by atoms with van der Waals surface area (Å²) in [6.07, 6.45) is 5.94. The van der Waals surface area contributed by atoms with Gasteiger partial charge in [-0.2, -0.15) is 5.10 Å². The number of hydrogen-bond donors (Lipinski definition) is 0. The number of hydrogen-bond acceptors (Lipinski definition) is 5. The largest absolute Gasteiger partial charge is 0.477 e. The standard InChI is InChI=1S/C20H27N5O3/c1-14(2)17-10-18(26)24(13-21-17)12-15-4-7-23(8-5-15)19(27)16-11-22-25-6-3-9-28-20(16)25/h10-11,13-15H,3-9,12H2,1-2H3. The van der Waals surface area contributed by atoms with Crippen molar-refractivity contribution in [1.29, 1.82) is 0 Å². The zero-order valence-corrected chi connectivity index (χ0v) is 16.5. The normalized spacial score (nSPS) is 17.5. The smallest absolute Gasteiger partial charge is 0.260 e. The Labute approximate surface area is 164 Å². The van der Waals surface area contributed by atoms with Gasteiger partial charge in [0.1, 0.15) is 5.56 Å². The molecule has 0 aliphatic carbocycles. The van der Waals surface area contributed by atoms with Crippen LogP contribution < -0.4 is 10.3 Å². The summed E-state index contributed by atoms with van der Waals surface area (Å²) in [5.74, 6) is 1.20. The molecule has 4 heterocycles. The monoisotopic (exact) mass is 385 g/mol. The molecule has 8 heteroatoms. The van der Waals surface area contributed by atoms with Crippen molar-refractivity contribution >= 4 is 5.91 Å². The molecule has 150 valence electrons. The van der Waals surface area contributed by atoms with Crippen LogP contribution in [-0.4, -0.2) is 49.8 Å². The number of aryl methyl sites for hydroxylation is 1. The van der Waals surface area contributed by atoms with E-state index in [1.54, 1.807) is 27.8 Å². The second kappa shape index (κ2) is 7.77. The Morgan fingerprint density at radius 1 is 1.29 bits per heavy atom. The van der Waals surface area contributed by atoms with Gasteiger partial charge in [0.25, 0.3) is 11.5 Å². The average molecular weight is 385 g/mol. The van der Waals surface area contributed by atoms with Crippen LogP contribution in [0.2, 0.25) is 0 Å². The van der Waals surface area contributed by atoms with Crippen LogP contribution in [0.25, 0.3) is 0 Å². The summed E-state index contributed by atoms with van der Waals surface area (Å²) in [4.78, 5) is 31.5. The van der Waals surface area contributed by atoms with Crippen molar-refractivity contribution in [3.63, 3.8) is 0 Å². The molecule has 2 aliphatic heterocycles. The summed E-state index contributed by atoms with van der Waals surface area (Å²) in [6.45, 7) is 7.50. The van der Waals surface area contributed by atoms with Gasteiger partial charge in [-0.05, 0) is 24.7 Å². The maximum atomic E-state index is 12.9. The van der Waals surface area contributed by atoms with Gasteiger partial charge in [-0.3, -0.25) is 14.2 Å². The van der Waals surface area contributed by atoms with Crippen molar-refractivity contribution < 1.29 is 9.53 Å². The molecule has 0 atom stereocenters. The van der Waals surface area contributed by atoms with Crippen molar-refractivity contribution in [3.8, 4) is 5.88 Å². The molecule has 0 radical (unpaired) electrons. The molecule has 0 aromatic carbocycles. The number of carbonyl (C=O) groups is 1. The number of piperidine rings is 1. The molecule has 1 fully saturated rings. The van der Waals surface area contributed by atoms with E-state index in [1.165, 1.54) is 0 Å². The predicted octanol–water partition coefficient (Wildman–Crippen LogP) is 1.90. The molecule has 0 N–H and O–H groups in total. The van der Waals surface area contributed by atoms with Gasteiger partial charge in [0, 0.05) is 38.7 Å². The molecule has 0 bridgehead atoms. The topological polar surface area (TPSA) is 82.2 Å². The zero-order valence-electron chi connectivity index (χ0n) is 16.5. The fourth-order valence-electron chi connectivity index (χ4n) is 3.88. The van der Waals surface area contributed by atoms with Crippen molar-refractivity contribution in [2.75, 3.05) is 19.7 Å². The highest BCUT2D eigenvalue weighted by molar-refractivity contribution is 5.96. The predicted molar refractivity (Wildman–Crippen MR) is 104 cm³/mol. The number of nitrogens with zero attached hydrogens (tertiary/aromatic N) is 5. The second-order valence-electron chi connectivity index (χ2n) is 7.98. The Kier molecular flexibility index (Phi) is 5.19. The molecule has 4 rings (SSSR count). The fraction of sp³-hybridized carbons (Fsp3) is 0.600. The first kappa shape index (κ1) is 18.7. The number of ether oxygens (including phenoxy) is 1. The van der Waals surface area contributed by atoms with Gasteiger partial charge < -0.3 is 9.64 Å². The third kappa shape index (κ3) is 3.68. The summed E-state index contributed by atoms with van der Waals surface area (Å²) < 4.78 is 9.11. The van der Waals surface area contributed by atoms with Gasteiger partial charge in [0.15, 0.2) is 0 Å². The second-order valence-corrected chi connectivity index (χ2v) is 7.98. The highest BCUT2D eigenvalue weighted by Gasteiger charge is 2.29. The Bertz CT molecular complexity index is 909. The van der Waals surface area contributed by atoms with E-state index in [-0.39, 0.29) is 17.4 Å². The van der Waals surface area contributed by atoms with Crippen LogP contribution in [0.3, 0.4) is 0 Å². The first-order valence-electron chi connectivity index (χ1n) is 10.1. The quantitative estimate of drug-likeness (QED) is 0.803. The van der Waals surface area contributed by atoms with E-state index >= 15 is 0 Å². The number of likely N-dealkylation sites (tertiary alicyclic amines) is 1. The number of aromatic nitrogens is 4. The van der Waals surface area contributed by atoms with Crippen LogP contribution in [0.15, 0.2) is 23.4 Å². The molecule has 28 heavy (non-hydrogen) atoms. The van der Waals surface area contributed by atoms with Crippen molar-refractivity contribution in [2.24, 2.45) is 5.92 Å². The van der Waals surface area contributed by atoms with E-state index < -0.39 is 0 Å². The number of amides is 1. The molecule has 0 unspecified atom stereocenters. The minimum absolute atomic E-state index is 0.000803. The lowest BCUT2D eigenvalue weighted by Gasteiger charge is -2.32. The molecular formula is C20H27N5O3. The number of fused-ring (bicyclic) bond motifs is 1. The summed E-state index contributed by atoms with van der Waals surface area (Å²) >= 11 is 0. The van der Waals surface area contributed by atoms with Gasteiger partial charge in [0.2, 0.25) is 5.88 Å². The van der Waals surface area contributed by atoms with E-state index in [9.17, 15) is 9.59 Å². The van der Waals surface area contributed by atoms with Crippen LogP contribution in [0.5, 0.6) is 5.88 Å². The Morgan fingerprint density at radius 3 is 2.79 bits per heavy atom. The summed E-state index contributed by atoms with van der Waals surface area (Å²) in [7, 11) is 0. The maximum Gasteiger partial charge on any atom is 0.260 e. The van der Waals surface area contributed by atoms with Crippen molar-refractivity contribution in [1.82, 2.24) is 24.2 Å². The Morgan fingerprint density at radius 2 is 2.07 bits per heavy atom. The highest BCUT2D eigenvalue weighted by atomic mass is 16.5. The summed E-state index contributed by atoms with van der Waals surface area (Å²) in [6, 6.07) is 1.63. The first-order valence-corrected chi connectivity index (χ1v) is 10.1. The molecule has 0 saturated carbocycles. The van der Waals surface area contributed by atoms with Crippen LogP contribution in [-0.2, 0) is 13.1 Å². The minimum Gasteiger partial charge on any atom is -0.477 e. The Balaban J connectivity index is 1.36. The lowest BCUT2D eigenvalue weighted by atomic mass is 9.96. The van der Waals surface area contributed by atoms with E-state index in [0.29, 0.717) is 43.6 Å². The summed E-state index contributed by atoms with van der Waals surface area (Å²) in [5.41, 5.74) is 1.39. The maximum absolute atomic E-state index is 12.9.